The van der Waals surface area contributed by atoms with Crippen molar-refractivity contribution in [2.45, 2.75) is 64.6 Å². The van der Waals surface area contributed by atoms with E-state index in [1.165, 1.54) is 5.56 Å². The zero-order chi connectivity index (χ0) is 24.7. The van der Waals surface area contributed by atoms with Gasteiger partial charge in [-0.05, 0) is 73.6 Å². The zero-order valence-electron chi connectivity index (χ0n) is 20.1. The second kappa shape index (κ2) is 13.3. The zero-order valence-corrected chi connectivity index (χ0v) is 23.2. The number of nitrogens with zero attached hydrogens (tertiary/aromatic N) is 3. The number of likely N-dealkylation sites (tertiary alicyclic amines) is 1. The van der Waals surface area contributed by atoms with Crippen LogP contribution in [0.15, 0.2) is 22.9 Å². The van der Waals surface area contributed by atoms with Crippen LogP contribution in [0.3, 0.4) is 0 Å². The van der Waals surface area contributed by atoms with Gasteiger partial charge in [-0.3, -0.25) is 4.79 Å². The molecule has 0 bridgehead atoms. The molecule has 9 heteroatoms. The minimum absolute atomic E-state index is 0.0355. The Balaban J connectivity index is 1.48. The number of thiophene rings is 1. The lowest BCUT2D eigenvalue weighted by Crippen LogP contribution is -2.49. The third-order valence-corrected chi connectivity index (χ3v) is 8.08. The molecular weight excluding hydrogens is 509 g/mol. The number of aryl methyl sites for hydroxylation is 1. The van der Waals surface area contributed by atoms with Crippen molar-refractivity contribution in [2.24, 2.45) is 0 Å². The highest BCUT2D eigenvalue weighted by Crippen LogP contribution is 2.25. The van der Waals surface area contributed by atoms with E-state index in [2.05, 4.69) is 38.5 Å². The second-order valence-electron chi connectivity index (χ2n) is 8.95. The van der Waals surface area contributed by atoms with Crippen molar-refractivity contribution in [3.8, 4) is 0 Å². The van der Waals surface area contributed by atoms with E-state index in [-0.39, 0.29) is 10.9 Å². The fourth-order valence-corrected chi connectivity index (χ4v) is 6.27. The monoisotopic (exact) mass is 541 g/mol. The molecule has 0 unspecified atom stereocenters. The van der Waals surface area contributed by atoms with Gasteiger partial charge in [0.15, 0.2) is 5.78 Å². The number of pyridine rings is 1. The summed E-state index contributed by atoms with van der Waals surface area (Å²) in [4.78, 5) is 22.5. The van der Waals surface area contributed by atoms with Gasteiger partial charge in [-0.25, -0.2) is 4.98 Å². The summed E-state index contributed by atoms with van der Waals surface area (Å²) in [6.07, 6.45) is 4.39. The fraction of sp³-hybridized carbons (Fsp3) is 0.560. The summed E-state index contributed by atoms with van der Waals surface area (Å²) in [5.74, 6) is 0.0355. The molecule has 0 radical (unpaired) electrons. The van der Waals surface area contributed by atoms with Gasteiger partial charge in [0.25, 0.3) is 0 Å². The van der Waals surface area contributed by atoms with Crippen LogP contribution >= 0.6 is 46.8 Å². The van der Waals surface area contributed by atoms with E-state index in [4.69, 9.17) is 40.2 Å². The van der Waals surface area contributed by atoms with Crippen molar-refractivity contribution >= 4 is 57.5 Å². The molecule has 3 rings (SSSR count). The van der Waals surface area contributed by atoms with E-state index in [1.54, 1.807) is 24.5 Å². The molecule has 3 heterocycles. The quantitative estimate of drug-likeness (QED) is 0.185. The van der Waals surface area contributed by atoms with E-state index in [0.29, 0.717) is 35.8 Å². The third kappa shape index (κ3) is 7.45. The van der Waals surface area contributed by atoms with Crippen LogP contribution in [0.1, 0.15) is 60.5 Å². The Labute approximate surface area is 222 Å². The van der Waals surface area contributed by atoms with Crippen LogP contribution in [0, 0.1) is 6.92 Å². The van der Waals surface area contributed by atoms with Gasteiger partial charge >= 0.3 is 0 Å². The number of carbonyl (C=O) groups is 1. The predicted molar refractivity (Wildman–Crippen MR) is 146 cm³/mol. The highest BCUT2D eigenvalue weighted by atomic mass is 35.5. The normalized spacial score (nSPS) is 15.9. The predicted octanol–water partition coefficient (Wildman–Crippen LogP) is 6.44. The first-order valence-corrected chi connectivity index (χ1v) is 13.8. The summed E-state index contributed by atoms with van der Waals surface area (Å²) in [7, 11) is 1.70. The number of carbonyl (C=O) groups excluding carboxylic acids is 1. The number of hydrogen-bond donors (Lipinski definition) is 0. The topological polar surface area (TPSA) is 45.7 Å². The molecular formula is C25H33Cl2N3O2S2. The number of methoxy groups -OCH3 is 1. The molecule has 0 saturated carbocycles. The van der Waals surface area contributed by atoms with Gasteiger partial charge < -0.3 is 14.5 Å². The van der Waals surface area contributed by atoms with Crippen molar-refractivity contribution in [3.05, 3.63) is 49.9 Å². The number of rotatable bonds is 11. The Hall–Kier alpha value is -1.09. The number of ether oxygens (including phenoxy) is 1. The average molecular weight is 543 g/mol. The highest BCUT2D eigenvalue weighted by molar-refractivity contribution is 7.80. The molecule has 1 fully saturated rings. The van der Waals surface area contributed by atoms with Gasteiger partial charge in [0.05, 0.1) is 12.2 Å². The summed E-state index contributed by atoms with van der Waals surface area (Å²) >= 11 is 19.5. The van der Waals surface area contributed by atoms with Gasteiger partial charge in [0, 0.05) is 45.2 Å². The summed E-state index contributed by atoms with van der Waals surface area (Å²) in [5, 5.41) is 4.81. The van der Waals surface area contributed by atoms with Gasteiger partial charge in [0.2, 0.25) is 0 Å². The number of aromatic nitrogens is 1. The maximum atomic E-state index is 12.7. The minimum Gasteiger partial charge on any atom is -0.378 e. The third-order valence-electron chi connectivity index (χ3n) is 6.53. The lowest BCUT2D eigenvalue weighted by molar-refractivity contribution is 0.0957. The van der Waals surface area contributed by atoms with Crippen LogP contribution in [0.2, 0.25) is 10.3 Å². The maximum Gasteiger partial charge on any atom is 0.166 e. The smallest absolute Gasteiger partial charge is 0.166 e. The molecule has 0 aromatic carbocycles. The molecule has 0 amide bonds. The SMILES string of the molecule is COCC(=S)N(Cc1ccsc1)C1CCN([C@H](C)CCCC(=O)c2c(C)cc(Cl)nc2Cl)CC1. The molecule has 1 atom stereocenters. The highest BCUT2D eigenvalue weighted by Gasteiger charge is 2.28. The Morgan fingerprint density at radius 3 is 2.74 bits per heavy atom. The van der Waals surface area contributed by atoms with Crippen molar-refractivity contribution in [3.63, 3.8) is 0 Å². The molecule has 2 aromatic rings. The van der Waals surface area contributed by atoms with Crippen LogP contribution in [0.25, 0.3) is 0 Å². The second-order valence-corrected chi connectivity index (χ2v) is 10.9. The number of Topliss-reactive ketones (excluding diaryl/α,β-unsaturated/α-hetero) is 1. The minimum atomic E-state index is 0.0355. The average Bonchev–Trinajstić information content (AvgIpc) is 3.30. The van der Waals surface area contributed by atoms with Crippen LogP contribution in [-0.4, -0.2) is 64.4 Å². The van der Waals surface area contributed by atoms with E-state index in [0.717, 1.165) is 55.9 Å². The van der Waals surface area contributed by atoms with Gasteiger partial charge in [-0.2, -0.15) is 11.3 Å². The lowest BCUT2D eigenvalue weighted by Gasteiger charge is -2.41. The molecule has 1 saturated heterocycles. The van der Waals surface area contributed by atoms with Crippen LogP contribution in [-0.2, 0) is 11.3 Å². The van der Waals surface area contributed by atoms with Gasteiger partial charge in [0.1, 0.15) is 15.3 Å². The number of hydrogen-bond acceptors (Lipinski definition) is 6. The number of halogens is 2. The van der Waals surface area contributed by atoms with Crippen molar-refractivity contribution in [1.82, 2.24) is 14.8 Å². The van der Waals surface area contributed by atoms with E-state index in [9.17, 15) is 4.79 Å². The Morgan fingerprint density at radius 2 is 2.12 bits per heavy atom. The number of thiocarbonyl (C=S) groups is 1. The standard InChI is InChI=1S/C25H33Cl2N3O2S2/c1-17-13-22(26)28-25(27)24(17)21(31)6-4-5-18(2)29-10-7-20(8-11-29)30(23(33)15-32-3)14-19-9-12-34-16-19/h9,12-13,16,18,20H,4-8,10-11,14-15H2,1-3H3/t18-/m1/s1. The molecule has 34 heavy (non-hydrogen) atoms. The summed E-state index contributed by atoms with van der Waals surface area (Å²) in [6, 6.07) is 4.70. The molecule has 0 N–H and O–H groups in total. The first-order valence-electron chi connectivity index (χ1n) is 11.7. The molecule has 0 spiro atoms. The number of piperidine rings is 1. The van der Waals surface area contributed by atoms with Crippen LogP contribution in [0.5, 0.6) is 0 Å². The lowest BCUT2D eigenvalue weighted by atomic mass is 9.98. The summed E-state index contributed by atoms with van der Waals surface area (Å²) in [6.45, 7) is 7.49. The van der Waals surface area contributed by atoms with Crippen molar-refractivity contribution in [2.75, 3.05) is 26.8 Å². The first kappa shape index (κ1) is 27.5. The largest absolute Gasteiger partial charge is 0.378 e. The molecule has 186 valence electrons. The number of ketones is 1. The van der Waals surface area contributed by atoms with E-state index < -0.39 is 0 Å². The Morgan fingerprint density at radius 1 is 1.38 bits per heavy atom. The Bertz CT molecular complexity index is 940. The first-order chi connectivity index (χ1) is 16.3. The Kier molecular flexibility index (Phi) is 10.7. The van der Waals surface area contributed by atoms with Gasteiger partial charge in [-0.15, -0.1) is 0 Å². The van der Waals surface area contributed by atoms with E-state index in [1.807, 2.05) is 6.92 Å². The maximum absolute atomic E-state index is 12.7. The van der Waals surface area contributed by atoms with Crippen molar-refractivity contribution in [1.29, 1.82) is 0 Å². The van der Waals surface area contributed by atoms with E-state index >= 15 is 0 Å². The molecule has 1 aliphatic heterocycles. The van der Waals surface area contributed by atoms with Crippen LogP contribution < -0.4 is 0 Å². The molecule has 1 aliphatic rings. The van der Waals surface area contributed by atoms with Crippen LogP contribution in [0.4, 0.5) is 0 Å². The summed E-state index contributed by atoms with van der Waals surface area (Å²) in [5.41, 5.74) is 2.58. The van der Waals surface area contributed by atoms with Gasteiger partial charge in [-0.1, -0.05) is 35.4 Å². The molecule has 5 nitrogen and oxygen atoms in total. The summed E-state index contributed by atoms with van der Waals surface area (Å²) < 4.78 is 5.33. The van der Waals surface area contributed by atoms with Crippen molar-refractivity contribution < 1.29 is 9.53 Å². The fourth-order valence-electron chi connectivity index (χ4n) is 4.64. The molecule has 0 aliphatic carbocycles. The molecule has 2 aromatic heterocycles.